The Balaban J connectivity index is 1.59. The lowest BCUT2D eigenvalue weighted by Crippen LogP contribution is -2.37. The van der Waals surface area contributed by atoms with Crippen LogP contribution in [0, 0.1) is 12.3 Å². The maximum absolute atomic E-state index is 8.26. The summed E-state index contributed by atoms with van der Waals surface area (Å²) in [5.41, 5.74) is 3.98. The fraction of sp³-hybridized carbons (Fsp3) is 0.227. The molecule has 0 spiro atoms. The van der Waals surface area contributed by atoms with Crippen LogP contribution < -0.4 is 10.2 Å². The van der Waals surface area contributed by atoms with Crippen LogP contribution in [0.15, 0.2) is 55.3 Å². The van der Waals surface area contributed by atoms with Crippen molar-refractivity contribution in [3.63, 3.8) is 0 Å². The standard InChI is InChI=1S/C22H24N6O/c1-3-18-14-21-25-20(15-22(28(21)26-18)27-9-11-29-12-10-27)24-8-7-19(23)17-6-4-5-16(2)13-17/h3-8,13-15,23H,1,9-12H2,2H3,(H,24,25)/b8-7-,23-19?. The zero-order chi connectivity index (χ0) is 20.2. The number of allylic oxidation sites excluding steroid dienone is 1. The number of fused-ring (bicyclic) bond motifs is 1. The van der Waals surface area contributed by atoms with Crippen LogP contribution in [0.2, 0.25) is 0 Å². The van der Waals surface area contributed by atoms with Gasteiger partial charge in [-0.15, -0.1) is 0 Å². The van der Waals surface area contributed by atoms with Crippen LogP contribution in [0.25, 0.3) is 11.7 Å². The van der Waals surface area contributed by atoms with Gasteiger partial charge in [-0.3, -0.25) is 0 Å². The number of rotatable bonds is 6. The van der Waals surface area contributed by atoms with Crippen LogP contribution in [0.1, 0.15) is 16.8 Å². The summed E-state index contributed by atoms with van der Waals surface area (Å²) in [7, 11) is 0. The van der Waals surface area contributed by atoms with E-state index in [0.717, 1.165) is 41.4 Å². The van der Waals surface area contributed by atoms with Crippen LogP contribution in [-0.4, -0.2) is 46.6 Å². The first-order valence-corrected chi connectivity index (χ1v) is 9.59. The van der Waals surface area contributed by atoms with E-state index in [1.54, 1.807) is 18.4 Å². The lowest BCUT2D eigenvalue weighted by Gasteiger charge is -2.29. The predicted molar refractivity (Wildman–Crippen MR) is 117 cm³/mol. The number of aromatic nitrogens is 3. The van der Waals surface area contributed by atoms with E-state index in [1.807, 2.05) is 47.8 Å². The van der Waals surface area contributed by atoms with Gasteiger partial charge in [0.2, 0.25) is 0 Å². The molecule has 0 saturated carbocycles. The average Bonchev–Trinajstić information content (AvgIpc) is 3.17. The highest BCUT2D eigenvalue weighted by Crippen LogP contribution is 2.22. The van der Waals surface area contributed by atoms with Gasteiger partial charge in [-0.1, -0.05) is 30.3 Å². The van der Waals surface area contributed by atoms with E-state index in [4.69, 9.17) is 10.1 Å². The Labute approximate surface area is 169 Å². The van der Waals surface area contributed by atoms with Gasteiger partial charge >= 0.3 is 0 Å². The molecule has 0 bridgehead atoms. The molecule has 2 N–H and O–H groups in total. The molecule has 7 nitrogen and oxygen atoms in total. The zero-order valence-electron chi connectivity index (χ0n) is 16.4. The number of aryl methyl sites for hydroxylation is 1. The molecule has 7 heteroatoms. The van der Waals surface area contributed by atoms with Crippen LogP contribution in [-0.2, 0) is 4.74 Å². The van der Waals surface area contributed by atoms with Crippen molar-refractivity contribution >= 4 is 29.1 Å². The highest BCUT2D eigenvalue weighted by atomic mass is 16.5. The number of ether oxygens (including phenoxy) is 1. The van der Waals surface area contributed by atoms with Gasteiger partial charge in [-0.2, -0.15) is 9.61 Å². The smallest absolute Gasteiger partial charge is 0.160 e. The van der Waals surface area contributed by atoms with Crippen molar-refractivity contribution in [2.24, 2.45) is 0 Å². The second-order valence-electron chi connectivity index (χ2n) is 6.90. The number of benzene rings is 1. The Bertz CT molecular complexity index is 1080. The molecule has 1 aromatic carbocycles. The molecule has 0 atom stereocenters. The third-order valence-corrected chi connectivity index (χ3v) is 4.78. The molecule has 1 saturated heterocycles. The average molecular weight is 388 g/mol. The number of nitrogens with one attached hydrogen (secondary N) is 2. The van der Waals surface area contributed by atoms with Crippen molar-refractivity contribution < 1.29 is 4.74 Å². The van der Waals surface area contributed by atoms with Gasteiger partial charge in [0, 0.05) is 31.4 Å². The van der Waals surface area contributed by atoms with E-state index in [2.05, 4.69) is 26.9 Å². The third-order valence-electron chi connectivity index (χ3n) is 4.78. The Kier molecular flexibility index (Phi) is 5.39. The highest BCUT2D eigenvalue weighted by molar-refractivity contribution is 6.06. The summed E-state index contributed by atoms with van der Waals surface area (Å²) in [6.07, 6.45) is 5.20. The van der Waals surface area contributed by atoms with Crippen molar-refractivity contribution in [3.05, 3.63) is 72.1 Å². The summed E-state index contributed by atoms with van der Waals surface area (Å²) >= 11 is 0. The van der Waals surface area contributed by atoms with Crippen molar-refractivity contribution in [1.29, 1.82) is 5.41 Å². The fourth-order valence-corrected chi connectivity index (χ4v) is 3.29. The number of hydrogen-bond acceptors (Lipinski definition) is 6. The van der Waals surface area contributed by atoms with E-state index < -0.39 is 0 Å². The SMILES string of the molecule is C=Cc1cc2nc(N/C=C\C(=N)c3cccc(C)c3)cc(N3CCOCC3)n2n1. The van der Waals surface area contributed by atoms with Gasteiger partial charge < -0.3 is 20.4 Å². The quantitative estimate of drug-likeness (QED) is 0.632. The summed E-state index contributed by atoms with van der Waals surface area (Å²) in [5, 5.41) is 16.0. The molecule has 0 amide bonds. The van der Waals surface area contributed by atoms with Gasteiger partial charge in [-0.05, 0) is 30.7 Å². The van der Waals surface area contributed by atoms with Gasteiger partial charge in [0.05, 0.1) is 24.6 Å². The molecular weight excluding hydrogens is 364 g/mol. The van der Waals surface area contributed by atoms with E-state index >= 15 is 0 Å². The number of anilines is 2. The van der Waals surface area contributed by atoms with Gasteiger partial charge in [0.15, 0.2) is 5.65 Å². The molecule has 0 unspecified atom stereocenters. The Morgan fingerprint density at radius 2 is 2.07 bits per heavy atom. The molecule has 4 rings (SSSR count). The minimum absolute atomic E-state index is 0.439. The Morgan fingerprint density at radius 3 is 2.83 bits per heavy atom. The van der Waals surface area contributed by atoms with Crippen molar-refractivity contribution in [2.45, 2.75) is 6.92 Å². The summed E-state index contributed by atoms with van der Waals surface area (Å²) in [4.78, 5) is 6.88. The molecule has 2 aromatic heterocycles. The minimum Gasteiger partial charge on any atom is -0.378 e. The van der Waals surface area contributed by atoms with Gasteiger partial charge in [-0.25, -0.2) is 4.98 Å². The molecule has 1 aliphatic rings. The maximum atomic E-state index is 8.26. The molecule has 0 radical (unpaired) electrons. The normalized spacial score (nSPS) is 14.4. The molecule has 1 fully saturated rings. The van der Waals surface area contributed by atoms with Crippen molar-refractivity contribution in [3.8, 4) is 0 Å². The summed E-state index contributed by atoms with van der Waals surface area (Å²) in [5.74, 6) is 1.65. The monoisotopic (exact) mass is 388 g/mol. The van der Waals surface area contributed by atoms with E-state index in [-0.39, 0.29) is 0 Å². The largest absolute Gasteiger partial charge is 0.378 e. The second kappa shape index (κ2) is 8.28. The van der Waals surface area contributed by atoms with Crippen molar-refractivity contribution in [2.75, 3.05) is 36.5 Å². The van der Waals surface area contributed by atoms with Crippen molar-refractivity contribution in [1.82, 2.24) is 14.6 Å². The number of morpholine rings is 1. The summed E-state index contributed by atoms with van der Waals surface area (Å²) in [6, 6.07) is 11.8. The molecule has 1 aliphatic heterocycles. The molecular formula is C22H24N6O. The number of hydrogen-bond donors (Lipinski definition) is 2. The summed E-state index contributed by atoms with van der Waals surface area (Å²) < 4.78 is 7.32. The molecule has 148 valence electrons. The number of nitrogens with zero attached hydrogens (tertiary/aromatic N) is 4. The van der Waals surface area contributed by atoms with E-state index in [1.165, 1.54) is 0 Å². The second-order valence-corrected chi connectivity index (χ2v) is 6.90. The summed E-state index contributed by atoms with van der Waals surface area (Å²) in [6.45, 7) is 8.81. The van der Waals surface area contributed by atoms with Crippen LogP contribution in [0.5, 0.6) is 0 Å². The molecule has 3 heterocycles. The predicted octanol–water partition coefficient (Wildman–Crippen LogP) is 3.51. The van der Waals surface area contributed by atoms with Crippen LogP contribution in [0.4, 0.5) is 11.6 Å². The van der Waals surface area contributed by atoms with Gasteiger partial charge in [0.1, 0.15) is 11.6 Å². The van der Waals surface area contributed by atoms with Crippen LogP contribution >= 0.6 is 0 Å². The molecule has 29 heavy (non-hydrogen) atoms. The first kappa shape index (κ1) is 18.9. The first-order valence-electron chi connectivity index (χ1n) is 9.59. The van der Waals surface area contributed by atoms with E-state index in [0.29, 0.717) is 24.7 Å². The Hall–Kier alpha value is -3.45. The lowest BCUT2D eigenvalue weighted by molar-refractivity contribution is 0.122. The van der Waals surface area contributed by atoms with Gasteiger partial charge in [0.25, 0.3) is 0 Å². The van der Waals surface area contributed by atoms with E-state index in [9.17, 15) is 0 Å². The minimum atomic E-state index is 0.439. The fourth-order valence-electron chi connectivity index (χ4n) is 3.29. The molecule has 3 aromatic rings. The molecule has 0 aliphatic carbocycles. The lowest BCUT2D eigenvalue weighted by atomic mass is 10.1. The third kappa shape index (κ3) is 4.20. The topological polar surface area (TPSA) is 78.5 Å². The van der Waals surface area contributed by atoms with Crippen LogP contribution in [0.3, 0.4) is 0 Å². The zero-order valence-corrected chi connectivity index (χ0v) is 16.4. The Morgan fingerprint density at radius 1 is 1.24 bits per heavy atom. The first-order chi connectivity index (χ1) is 14.1. The maximum Gasteiger partial charge on any atom is 0.160 e. The highest BCUT2D eigenvalue weighted by Gasteiger charge is 2.17.